The van der Waals surface area contributed by atoms with Crippen molar-refractivity contribution in [1.82, 2.24) is 24.5 Å². The van der Waals surface area contributed by atoms with E-state index in [9.17, 15) is 14.6 Å². The highest BCUT2D eigenvalue weighted by Gasteiger charge is 2.43. The van der Waals surface area contributed by atoms with E-state index in [2.05, 4.69) is 37.1 Å². The van der Waals surface area contributed by atoms with Crippen molar-refractivity contribution in [3.8, 4) is 11.8 Å². The second kappa shape index (κ2) is 8.01. The van der Waals surface area contributed by atoms with Gasteiger partial charge in [-0.2, -0.15) is 0 Å². The average molecular weight is 438 g/mol. The Labute approximate surface area is 179 Å². The van der Waals surface area contributed by atoms with E-state index in [0.717, 1.165) is 0 Å². The van der Waals surface area contributed by atoms with E-state index >= 15 is 0 Å². The summed E-state index contributed by atoms with van der Waals surface area (Å²) < 4.78 is 21.1. The van der Waals surface area contributed by atoms with Crippen molar-refractivity contribution < 1.29 is 19.3 Å². The van der Waals surface area contributed by atoms with Crippen LogP contribution < -0.4 is 5.32 Å². The van der Waals surface area contributed by atoms with Crippen molar-refractivity contribution in [3.05, 3.63) is 59.9 Å². The number of anilines is 2. The van der Waals surface area contributed by atoms with E-state index in [1.165, 1.54) is 40.7 Å². The summed E-state index contributed by atoms with van der Waals surface area (Å²) >= 11 is 1.41. The number of nitrogens with zero attached hydrogens (tertiary/aromatic N) is 5. The predicted octanol–water partition coefficient (Wildman–Crippen LogP) is 1.84. The highest BCUT2D eigenvalue weighted by atomic mass is 32.1. The van der Waals surface area contributed by atoms with Crippen LogP contribution in [0.4, 0.5) is 15.3 Å². The van der Waals surface area contributed by atoms with Gasteiger partial charge in [-0.1, -0.05) is 24.0 Å². The third-order valence-corrected chi connectivity index (χ3v) is 5.44. The first kappa shape index (κ1) is 19.5. The number of thiazole rings is 1. The molecule has 3 N–H and O–H groups in total. The number of imidazole rings is 1. The lowest BCUT2D eigenvalue weighted by atomic mass is 10.1. The summed E-state index contributed by atoms with van der Waals surface area (Å²) in [6, 6.07) is 6.04. The molecule has 5 rings (SSSR count). The van der Waals surface area contributed by atoms with E-state index in [0.29, 0.717) is 22.1 Å². The van der Waals surface area contributed by atoms with E-state index in [1.807, 2.05) is 5.38 Å². The fourth-order valence-corrected chi connectivity index (χ4v) is 3.76. The summed E-state index contributed by atoms with van der Waals surface area (Å²) in [7, 11) is 0. The average Bonchev–Trinajstić information content (AvgIpc) is 3.50. The molecule has 0 amide bonds. The largest absolute Gasteiger partial charge is 0.386 e. The van der Waals surface area contributed by atoms with Crippen LogP contribution in [0, 0.1) is 17.7 Å². The lowest BCUT2D eigenvalue weighted by Gasteiger charge is -2.16. The minimum atomic E-state index is -1.29. The summed E-state index contributed by atoms with van der Waals surface area (Å²) in [5, 5.41) is 26.5. The first-order chi connectivity index (χ1) is 15.1. The van der Waals surface area contributed by atoms with Gasteiger partial charge in [0.15, 0.2) is 28.3 Å². The molecule has 0 spiro atoms. The molecule has 4 heterocycles. The van der Waals surface area contributed by atoms with Crippen LogP contribution in [-0.2, 0) is 4.74 Å². The SMILES string of the molecule is O[C@@H]1[C@H](O)[C@@H](C#Cc2ccccc2F)O[C@H]1n1cnc2c(Nc3nccs3)ncnc21. The number of hydrogen-bond acceptors (Lipinski definition) is 9. The predicted molar refractivity (Wildman–Crippen MR) is 110 cm³/mol. The molecule has 4 atom stereocenters. The van der Waals surface area contributed by atoms with Crippen molar-refractivity contribution in [3.63, 3.8) is 0 Å². The topological polar surface area (TPSA) is 118 Å². The van der Waals surface area contributed by atoms with Crippen molar-refractivity contribution in [2.45, 2.75) is 24.5 Å². The van der Waals surface area contributed by atoms with Gasteiger partial charge in [-0.3, -0.25) is 4.57 Å². The number of aliphatic hydroxyl groups is 2. The quantitative estimate of drug-likeness (QED) is 0.415. The molecule has 1 aliphatic rings. The number of fused-ring (bicyclic) bond motifs is 1. The van der Waals surface area contributed by atoms with Crippen molar-refractivity contribution in [1.29, 1.82) is 0 Å². The molecule has 0 bridgehead atoms. The van der Waals surface area contributed by atoms with Crippen LogP contribution in [0.25, 0.3) is 11.2 Å². The van der Waals surface area contributed by atoms with Gasteiger partial charge in [0.1, 0.15) is 30.5 Å². The Morgan fingerprint density at radius 3 is 2.81 bits per heavy atom. The van der Waals surface area contributed by atoms with Gasteiger partial charge >= 0.3 is 0 Å². The van der Waals surface area contributed by atoms with Crippen LogP contribution in [0.15, 0.2) is 48.5 Å². The molecule has 156 valence electrons. The lowest BCUT2D eigenvalue weighted by molar-refractivity contribution is -0.0230. The molecule has 1 aliphatic heterocycles. The summed E-state index contributed by atoms with van der Waals surface area (Å²) in [4.78, 5) is 16.9. The Bertz CT molecular complexity index is 1290. The molecule has 0 radical (unpaired) electrons. The summed E-state index contributed by atoms with van der Waals surface area (Å²) in [6.45, 7) is 0. The number of rotatable bonds is 3. The Kier molecular flexibility index (Phi) is 5.05. The fraction of sp³-hybridized carbons (Fsp3) is 0.200. The van der Waals surface area contributed by atoms with Crippen LogP contribution in [-0.4, -0.2) is 53.0 Å². The molecule has 9 nitrogen and oxygen atoms in total. The highest BCUT2D eigenvalue weighted by Crippen LogP contribution is 2.32. The summed E-state index contributed by atoms with van der Waals surface area (Å²) in [5.41, 5.74) is 1.02. The first-order valence-corrected chi connectivity index (χ1v) is 10.1. The molecular weight excluding hydrogens is 423 g/mol. The van der Waals surface area contributed by atoms with Crippen molar-refractivity contribution in [2.24, 2.45) is 0 Å². The Hall–Kier alpha value is -3.43. The minimum absolute atomic E-state index is 0.176. The van der Waals surface area contributed by atoms with Gasteiger partial charge < -0.3 is 20.3 Å². The maximum atomic E-state index is 13.8. The fourth-order valence-electron chi connectivity index (χ4n) is 3.24. The molecule has 11 heteroatoms. The van der Waals surface area contributed by atoms with Crippen molar-refractivity contribution in [2.75, 3.05) is 5.32 Å². The molecule has 0 aliphatic carbocycles. The minimum Gasteiger partial charge on any atom is -0.386 e. The monoisotopic (exact) mass is 438 g/mol. The van der Waals surface area contributed by atoms with E-state index in [-0.39, 0.29) is 5.56 Å². The maximum absolute atomic E-state index is 13.8. The first-order valence-electron chi connectivity index (χ1n) is 9.23. The normalized spacial score (nSPS) is 22.9. The summed E-state index contributed by atoms with van der Waals surface area (Å²) in [5.74, 6) is 5.32. The van der Waals surface area contributed by atoms with Gasteiger partial charge in [-0.25, -0.2) is 24.3 Å². The van der Waals surface area contributed by atoms with Gasteiger partial charge in [0.2, 0.25) is 0 Å². The molecule has 4 aromatic rings. The summed E-state index contributed by atoms with van der Waals surface area (Å²) in [6.07, 6.45) is -0.131. The van der Waals surface area contributed by atoms with Gasteiger partial charge in [-0.15, -0.1) is 11.3 Å². The molecule has 1 fully saturated rings. The maximum Gasteiger partial charge on any atom is 0.188 e. The second-order valence-electron chi connectivity index (χ2n) is 6.69. The van der Waals surface area contributed by atoms with Gasteiger partial charge in [-0.05, 0) is 12.1 Å². The van der Waals surface area contributed by atoms with Gasteiger partial charge in [0, 0.05) is 11.6 Å². The zero-order valence-corrected chi connectivity index (χ0v) is 16.6. The van der Waals surface area contributed by atoms with E-state index in [1.54, 1.807) is 18.3 Å². The van der Waals surface area contributed by atoms with Crippen molar-refractivity contribution >= 4 is 33.5 Å². The molecule has 0 saturated carbocycles. The number of halogens is 1. The van der Waals surface area contributed by atoms with Crippen LogP contribution in [0.1, 0.15) is 11.8 Å². The molecule has 0 unspecified atom stereocenters. The molecular formula is C20H15FN6O3S. The van der Waals surface area contributed by atoms with E-state index in [4.69, 9.17) is 4.74 Å². The smallest absolute Gasteiger partial charge is 0.188 e. The number of hydrogen-bond donors (Lipinski definition) is 3. The zero-order valence-electron chi connectivity index (χ0n) is 15.8. The number of nitrogens with one attached hydrogen (secondary N) is 1. The van der Waals surface area contributed by atoms with Gasteiger partial charge in [0.05, 0.1) is 11.9 Å². The number of aromatic nitrogens is 5. The lowest BCUT2D eigenvalue weighted by Crippen LogP contribution is -2.30. The Morgan fingerprint density at radius 2 is 2.00 bits per heavy atom. The van der Waals surface area contributed by atoms with Crippen LogP contribution >= 0.6 is 11.3 Å². The molecule has 1 aromatic carbocycles. The van der Waals surface area contributed by atoms with Crippen LogP contribution in [0.2, 0.25) is 0 Å². The third kappa shape index (κ3) is 3.62. The Morgan fingerprint density at radius 1 is 1.13 bits per heavy atom. The van der Waals surface area contributed by atoms with Crippen LogP contribution in [0.5, 0.6) is 0 Å². The van der Waals surface area contributed by atoms with Crippen LogP contribution in [0.3, 0.4) is 0 Å². The second-order valence-corrected chi connectivity index (χ2v) is 7.58. The third-order valence-electron chi connectivity index (χ3n) is 4.75. The number of aliphatic hydroxyl groups excluding tert-OH is 2. The molecule has 1 saturated heterocycles. The Balaban J connectivity index is 1.43. The zero-order chi connectivity index (χ0) is 21.4. The molecule has 3 aromatic heterocycles. The molecule has 31 heavy (non-hydrogen) atoms. The van der Waals surface area contributed by atoms with E-state index < -0.39 is 30.4 Å². The highest BCUT2D eigenvalue weighted by molar-refractivity contribution is 7.13. The number of ether oxygens (including phenoxy) is 1. The van der Waals surface area contributed by atoms with Gasteiger partial charge in [0.25, 0.3) is 0 Å². The standard InChI is InChI=1S/C20H15FN6O3S/c21-12-4-2-1-3-11(12)5-6-13-15(28)16(29)19(30-13)27-10-25-14-17(23-9-24-18(14)27)26-20-22-7-8-31-20/h1-4,7-10,13,15-16,19,28-29H,(H,22,23,24,26)/t13-,15-,16-,19-/m1/s1. The number of benzene rings is 1.